The van der Waals surface area contributed by atoms with Gasteiger partial charge in [-0.15, -0.1) is 0 Å². The van der Waals surface area contributed by atoms with Gasteiger partial charge in [0.2, 0.25) is 0 Å². The van der Waals surface area contributed by atoms with Gasteiger partial charge in [-0.3, -0.25) is 13.6 Å². The van der Waals surface area contributed by atoms with Crippen LogP contribution in [0.4, 0.5) is 0 Å². The smallest absolute Gasteiger partial charge is 0.394 e. The lowest BCUT2D eigenvalue weighted by Crippen LogP contribution is -2.61. The molecule has 3 rings (SSSR count). The van der Waals surface area contributed by atoms with E-state index in [1.54, 1.807) is 0 Å². The van der Waals surface area contributed by atoms with E-state index in [0.717, 1.165) is 5.56 Å². The predicted molar refractivity (Wildman–Crippen MR) is 134 cm³/mol. The van der Waals surface area contributed by atoms with E-state index in [1.807, 2.05) is 30.3 Å². The van der Waals surface area contributed by atoms with Crippen molar-refractivity contribution in [2.24, 2.45) is 0 Å². The molecule has 2 aliphatic heterocycles. The van der Waals surface area contributed by atoms with E-state index in [4.69, 9.17) is 23.5 Å². The van der Waals surface area contributed by atoms with Crippen molar-refractivity contribution in [2.75, 3.05) is 19.8 Å². The molecule has 0 bridgehead atoms. The summed E-state index contributed by atoms with van der Waals surface area (Å²) < 4.78 is 70.5. The van der Waals surface area contributed by atoms with Crippen molar-refractivity contribution in [3.05, 3.63) is 35.9 Å². The Labute approximate surface area is 238 Å². The standard InChI is InChI=1S/C20H33O19P3/c21-9-12-15(18(39-42(30,31)32)20(35-12)33-8-4-7-11-5-2-1-3-6-11)36-19-14(23)17(38-41(27,28)29)16(13(10-22)34-19)37-40(24,25)26/h1-3,5-6,12-23H,4,7-10H2,(H2,24,25,26)(H2,27,28,29)(H2,30,31,32)/t12-,13?,14+,15+,16+,17?,18+,19+,20?/m1/s1. The van der Waals surface area contributed by atoms with Crippen molar-refractivity contribution in [1.29, 1.82) is 0 Å². The van der Waals surface area contributed by atoms with E-state index in [2.05, 4.69) is 9.05 Å². The first-order chi connectivity index (χ1) is 19.5. The summed E-state index contributed by atoms with van der Waals surface area (Å²) in [5.41, 5.74) is 0.987. The second kappa shape index (κ2) is 15.0. The molecule has 22 heteroatoms. The van der Waals surface area contributed by atoms with Crippen LogP contribution < -0.4 is 0 Å². The molecule has 2 fully saturated rings. The van der Waals surface area contributed by atoms with Gasteiger partial charge in [-0.2, -0.15) is 0 Å². The summed E-state index contributed by atoms with van der Waals surface area (Å²) in [6.07, 6.45) is -16.0. The molecule has 0 radical (unpaired) electrons. The Morgan fingerprint density at radius 2 is 1.19 bits per heavy atom. The van der Waals surface area contributed by atoms with Gasteiger partial charge in [0.15, 0.2) is 12.6 Å². The SMILES string of the molecule is O=P(O)(O)OC1[C@@H](OP(=O)(O)O)C(CO)O[C@@H](O[C@@H]2[C@H](OP(=O)(O)O)C(OCCCc3ccccc3)O[C@@H]2CO)[C@H]1O. The number of phosphoric ester groups is 3. The molecular weight excluding hydrogens is 637 g/mol. The molecule has 2 heterocycles. The fourth-order valence-corrected chi connectivity index (χ4v) is 6.07. The number of benzene rings is 1. The summed E-state index contributed by atoms with van der Waals surface area (Å²) in [6, 6.07) is 9.28. The fraction of sp³-hybridized carbons (Fsp3) is 0.700. The maximum Gasteiger partial charge on any atom is 0.470 e. The molecule has 2 aliphatic rings. The van der Waals surface area contributed by atoms with Crippen LogP contribution >= 0.6 is 23.5 Å². The number of phosphoric acid groups is 3. The highest BCUT2D eigenvalue weighted by atomic mass is 31.2. The average Bonchev–Trinajstić information content (AvgIpc) is 3.19. The zero-order chi connectivity index (χ0) is 31.3. The van der Waals surface area contributed by atoms with Gasteiger partial charge in [-0.05, 0) is 18.4 Å². The Bertz CT molecular complexity index is 1120. The minimum atomic E-state index is -5.48. The maximum absolute atomic E-state index is 11.8. The summed E-state index contributed by atoms with van der Waals surface area (Å²) in [6.45, 7) is -1.94. The van der Waals surface area contributed by atoms with Crippen LogP contribution in [0.2, 0.25) is 0 Å². The second-order valence-corrected chi connectivity index (χ2v) is 12.8. The van der Waals surface area contributed by atoms with E-state index >= 15 is 0 Å². The molecule has 0 spiro atoms. The Hall–Kier alpha value is -0.730. The van der Waals surface area contributed by atoms with Gasteiger partial charge in [0.05, 0.1) is 19.8 Å². The molecule has 42 heavy (non-hydrogen) atoms. The zero-order valence-electron chi connectivity index (χ0n) is 21.6. The Morgan fingerprint density at radius 3 is 1.74 bits per heavy atom. The van der Waals surface area contributed by atoms with Crippen molar-refractivity contribution in [3.8, 4) is 0 Å². The highest BCUT2D eigenvalue weighted by Crippen LogP contribution is 2.48. The van der Waals surface area contributed by atoms with Crippen LogP contribution in [0.25, 0.3) is 0 Å². The highest BCUT2D eigenvalue weighted by Gasteiger charge is 2.56. The maximum atomic E-state index is 11.8. The van der Waals surface area contributed by atoms with E-state index in [1.165, 1.54) is 0 Å². The summed E-state index contributed by atoms with van der Waals surface area (Å²) in [7, 11) is -16.2. The molecule has 0 aromatic heterocycles. The summed E-state index contributed by atoms with van der Waals surface area (Å²) in [4.78, 5) is 56.0. The van der Waals surface area contributed by atoms with Crippen molar-refractivity contribution >= 4 is 23.5 Å². The largest absolute Gasteiger partial charge is 0.470 e. The van der Waals surface area contributed by atoms with Crippen molar-refractivity contribution in [3.63, 3.8) is 0 Å². The first kappa shape index (κ1) is 35.7. The lowest BCUT2D eigenvalue weighted by molar-refractivity contribution is -0.313. The van der Waals surface area contributed by atoms with Crippen LogP contribution in [0, 0.1) is 0 Å². The van der Waals surface area contributed by atoms with Crippen LogP contribution in [0.3, 0.4) is 0 Å². The number of ether oxygens (including phenoxy) is 4. The minimum Gasteiger partial charge on any atom is -0.394 e. The monoisotopic (exact) mass is 670 g/mol. The molecular formula is C20H33O19P3. The molecule has 0 saturated carbocycles. The predicted octanol–water partition coefficient (Wildman–Crippen LogP) is -1.75. The van der Waals surface area contributed by atoms with Crippen molar-refractivity contribution in [2.45, 2.75) is 68.1 Å². The quantitative estimate of drug-likeness (QED) is 0.0738. The summed E-state index contributed by atoms with van der Waals surface area (Å²) in [5, 5.41) is 30.4. The van der Waals surface area contributed by atoms with E-state index in [-0.39, 0.29) is 6.61 Å². The first-order valence-corrected chi connectivity index (χ1v) is 16.8. The van der Waals surface area contributed by atoms with Gasteiger partial charge in [-0.1, -0.05) is 30.3 Å². The number of aryl methyl sites for hydroxylation is 1. The molecule has 1 aromatic rings. The minimum absolute atomic E-state index is 0.000181. The molecule has 3 unspecified atom stereocenters. The average molecular weight is 670 g/mol. The highest BCUT2D eigenvalue weighted by molar-refractivity contribution is 7.46. The van der Waals surface area contributed by atoms with Gasteiger partial charge in [0.25, 0.3) is 0 Å². The van der Waals surface area contributed by atoms with E-state index in [0.29, 0.717) is 12.8 Å². The second-order valence-electron chi connectivity index (χ2n) is 9.18. The fourth-order valence-electron chi connectivity index (χ4n) is 4.40. The molecule has 1 aromatic carbocycles. The third-order valence-electron chi connectivity index (χ3n) is 6.04. The lowest BCUT2D eigenvalue weighted by Gasteiger charge is -2.44. The molecule has 2 saturated heterocycles. The molecule has 9 N–H and O–H groups in total. The number of hydrogen-bond acceptors (Lipinski definition) is 13. The third-order valence-corrected chi connectivity index (χ3v) is 7.60. The van der Waals surface area contributed by atoms with Gasteiger partial charge >= 0.3 is 23.5 Å². The van der Waals surface area contributed by atoms with Gasteiger partial charge < -0.3 is 63.6 Å². The van der Waals surface area contributed by atoms with E-state index in [9.17, 15) is 58.4 Å². The van der Waals surface area contributed by atoms with Crippen LogP contribution in [-0.4, -0.2) is 120 Å². The summed E-state index contributed by atoms with van der Waals surface area (Å²) >= 11 is 0. The molecule has 0 amide bonds. The summed E-state index contributed by atoms with van der Waals surface area (Å²) in [5.74, 6) is 0. The van der Waals surface area contributed by atoms with Crippen molar-refractivity contribution in [1.82, 2.24) is 0 Å². The van der Waals surface area contributed by atoms with Crippen LogP contribution in [0.1, 0.15) is 12.0 Å². The normalized spacial score (nSPS) is 32.7. The van der Waals surface area contributed by atoms with Crippen molar-refractivity contribution < 1.29 is 90.9 Å². The molecule has 242 valence electrons. The van der Waals surface area contributed by atoms with Crippen LogP contribution in [0.15, 0.2) is 30.3 Å². The topological polar surface area (TPSA) is 298 Å². The zero-order valence-corrected chi connectivity index (χ0v) is 24.3. The molecule has 0 aliphatic carbocycles. The van der Waals surface area contributed by atoms with E-state index < -0.39 is 92.0 Å². The van der Waals surface area contributed by atoms with Gasteiger partial charge in [0, 0.05) is 0 Å². The van der Waals surface area contributed by atoms with Gasteiger partial charge in [0.1, 0.15) is 42.7 Å². The third kappa shape index (κ3) is 10.7. The number of aliphatic hydroxyl groups is 3. The molecule has 19 nitrogen and oxygen atoms in total. The Balaban J connectivity index is 1.81. The number of hydrogen-bond donors (Lipinski definition) is 9. The van der Waals surface area contributed by atoms with Crippen LogP contribution in [0.5, 0.6) is 0 Å². The van der Waals surface area contributed by atoms with Crippen LogP contribution in [-0.2, 0) is 52.6 Å². The Morgan fingerprint density at radius 1 is 0.690 bits per heavy atom. The lowest BCUT2D eigenvalue weighted by atomic mass is 9.99. The first-order valence-electron chi connectivity index (χ1n) is 12.2. The number of aliphatic hydroxyl groups excluding tert-OH is 3. The van der Waals surface area contributed by atoms with Gasteiger partial charge in [-0.25, -0.2) is 13.7 Å². The Kier molecular flexibility index (Phi) is 12.8. The molecule has 9 atom stereocenters. The number of rotatable bonds is 15.